The summed E-state index contributed by atoms with van der Waals surface area (Å²) in [5.74, 6) is 2.13. The Morgan fingerprint density at radius 3 is 2.77 bits per heavy atom. The molecule has 0 radical (unpaired) electrons. The van der Waals surface area contributed by atoms with Gasteiger partial charge in [0.2, 0.25) is 0 Å². The van der Waals surface area contributed by atoms with Crippen LogP contribution in [0, 0.1) is 0 Å². The fraction of sp³-hybridized carbons (Fsp3) is 0.389. The third-order valence-corrected chi connectivity index (χ3v) is 3.85. The number of carbonyl (C=O) groups excluding carboxylic acids is 1. The van der Waals surface area contributed by atoms with Gasteiger partial charge >= 0.3 is 0 Å². The van der Waals surface area contributed by atoms with Crippen LogP contribution in [0.2, 0.25) is 0 Å². The maximum Gasteiger partial charge on any atom is 0.258 e. The van der Waals surface area contributed by atoms with Gasteiger partial charge in [-0.25, -0.2) is 9.97 Å². The molecule has 1 aromatic carbocycles. The minimum absolute atomic E-state index is 0.00129. The molecule has 1 aliphatic heterocycles. The van der Waals surface area contributed by atoms with Crippen LogP contribution in [0.4, 0.5) is 11.6 Å². The maximum absolute atomic E-state index is 11.8. The molecule has 0 unspecified atom stereocenters. The average molecular weight is 357 g/mol. The third-order valence-electron chi connectivity index (χ3n) is 3.85. The lowest BCUT2D eigenvalue weighted by molar-refractivity contribution is -0.123. The van der Waals surface area contributed by atoms with Crippen molar-refractivity contribution in [3.8, 4) is 5.75 Å². The number of carbonyl (C=O) groups is 1. The van der Waals surface area contributed by atoms with Crippen LogP contribution in [0.25, 0.3) is 0 Å². The Balaban J connectivity index is 1.36. The van der Waals surface area contributed by atoms with Gasteiger partial charge in [0.15, 0.2) is 6.61 Å². The van der Waals surface area contributed by atoms with Crippen LogP contribution in [-0.2, 0) is 9.53 Å². The smallest absolute Gasteiger partial charge is 0.258 e. The molecule has 1 aromatic heterocycles. The monoisotopic (exact) mass is 357 g/mol. The van der Waals surface area contributed by atoms with Crippen molar-refractivity contribution < 1.29 is 14.3 Å². The Morgan fingerprint density at radius 1 is 1.15 bits per heavy atom. The summed E-state index contributed by atoms with van der Waals surface area (Å²) in [6.45, 7) is 4.12. The number of aromatic nitrogens is 2. The Kier molecular flexibility index (Phi) is 6.60. The highest BCUT2D eigenvalue weighted by Gasteiger charge is 2.12. The summed E-state index contributed by atoms with van der Waals surface area (Å²) in [4.78, 5) is 22.5. The van der Waals surface area contributed by atoms with E-state index in [4.69, 9.17) is 9.47 Å². The molecule has 0 aliphatic carbocycles. The summed E-state index contributed by atoms with van der Waals surface area (Å²) in [6.07, 6.45) is 1.54. The van der Waals surface area contributed by atoms with Crippen molar-refractivity contribution >= 4 is 17.5 Å². The lowest BCUT2D eigenvalue weighted by Crippen LogP contribution is -2.36. The van der Waals surface area contributed by atoms with Gasteiger partial charge in [-0.05, 0) is 12.1 Å². The van der Waals surface area contributed by atoms with Gasteiger partial charge in [0.25, 0.3) is 5.91 Å². The first-order chi connectivity index (χ1) is 12.8. The zero-order valence-corrected chi connectivity index (χ0v) is 14.6. The lowest BCUT2D eigenvalue weighted by atomic mass is 10.3. The molecule has 0 spiro atoms. The number of ether oxygens (including phenoxy) is 2. The Bertz CT molecular complexity index is 692. The van der Waals surface area contributed by atoms with Crippen molar-refractivity contribution in [2.75, 3.05) is 56.2 Å². The second kappa shape index (κ2) is 9.57. The van der Waals surface area contributed by atoms with E-state index < -0.39 is 0 Å². The summed E-state index contributed by atoms with van der Waals surface area (Å²) in [5.41, 5.74) is 0. The van der Waals surface area contributed by atoms with Crippen LogP contribution in [-0.4, -0.2) is 61.9 Å². The highest BCUT2D eigenvalue weighted by Crippen LogP contribution is 2.15. The number of amides is 1. The molecule has 8 heteroatoms. The Morgan fingerprint density at radius 2 is 1.96 bits per heavy atom. The number of nitrogens with one attached hydrogen (secondary N) is 2. The van der Waals surface area contributed by atoms with E-state index in [0.29, 0.717) is 32.1 Å². The number of anilines is 2. The molecule has 0 bridgehead atoms. The van der Waals surface area contributed by atoms with Gasteiger partial charge in [-0.2, -0.15) is 0 Å². The standard InChI is InChI=1S/C18H23N5O3/c24-18(13-26-15-4-2-1-3-5-15)20-7-6-19-16-12-17(22-14-21-16)23-8-10-25-11-9-23/h1-5,12,14H,6-11,13H2,(H,20,24)(H,19,21,22). The summed E-state index contributed by atoms with van der Waals surface area (Å²) >= 11 is 0. The maximum atomic E-state index is 11.8. The molecule has 138 valence electrons. The zero-order chi connectivity index (χ0) is 18.0. The molecule has 0 atom stereocenters. The molecule has 3 rings (SSSR count). The fourth-order valence-corrected chi connectivity index (χ4v) is 2.52. The predicted octanol–water partition coefficient (Wildman–Crippen LogP) is 0.920. The first-order valence-corrected chi connectivity index (χ1v) is 8.64. The van der Waals surface area contributed by atoms with E-state index in [1.165, 1.54) is 0 Å². The van der Waals surface area contributed by atoms with Gasteiger partial charge in [0.05, 0.1) is 13.2 Å². The van der Waals surface area contributed by atoms with Crippen molar-refractivity contribution in [3.05, 3.63) is 42.7 Å². The molecule has 26 heavy (non-hydrogen) atoms. The molecule has 2 aromatic rings. The zero-order valence-electron chi connectivity index (χ0n) is 14.6. The van der Waals surface area contributed by atoms with E-state index in [9.17, 15) is 4.79 Å². The molecule has 1 fully saturated rings. The third kappa shape index (κ3) is 5.59. The van der Waals surface area contributed by atoms with Crippen molar-refractivity contribution in [1.29, 1.82) is 0 Å². The van der Waals surface area contributed by atoms with Crippen LogP contribution in [0.5, 0.6) is 5.75 Å². The number of nitrogens with zero attached hydrogens (tertiary/aromatic N) is 3. The fourth-order valence-electron chi connectivity index (χ4n) is 2.52. The van der Waals surface area contributed by atoms with Crippen LogP contribution in [0.3, 0.4) is 0 Å². The largest absolute Gasteiger partial charge is 0.484 e. The number of benzene rings is 1. The van der Waals surface area contributed by atoms with E-state index in [-0.39, 0.29) is 12.5 Å². The van der Waals surface area contributed by atoms with Gasteiger partial charge < -0.3 is 25.0 Å². The molecule has 1 aliphatic rings. The topological polar surface area (TPSA) is 88.6 Å². The number of morpholine rings is 1. The van der Waals surface area contributed by atoms with E-state index in [0.717, 1.165) is 24.7 Å². The van der Waals surface area contributed by atoms with Gasteiger partial charge in [0, 0.05) is 32.2 Å². The highest BCUT2D eigenvalue weighted by molar-refractivity contribution is 5.77. The second-order valence-electron chi connectivity index (χ2n) is 5.74. The quantitative estimate of drug-likeness (QED) is 0.679. The minimum Gasteiger partial charge on any atom is -0.484 e. The summed E-state index contributed by atoms with van der Waals surface area (Å²) < 4.78 is 10.7. The van der Waals surface area contributed by atoms with Gasteiger partial charge in [-0.15, -0.1) is 0 Å². The van der Waals surface area contributed by atoms with E-state index in [2.05, 4.69) is 25.5 Å². The Labute approximate surface area is 152 Å². The first kappa shape index (κ1) is 17.9. The number of hydrogen-bond donors (Lipinski definition) is 2. The molecular formula is C18H23N5O3. The van der Waals surface area contributed by atoms with Crippen LogP contribution in [0.15, 0.2) is 42.7 Å². The second-order valence-corrected chi connectivity index (χ2v) is 5.74. The molecule has 8 nitrogen and oxygen atoms in total. The van der Waals surface area contributed by atoms with E-state index in [1.807, 2.05) is 36.4 Å². The SMILES string of the molecule is O=C(COc1ccccc1)NCCNc1cc(N2CCOCC2)ncn1. The van der Waals surface area contributed by atoms with Crippen LogP contribution >= 0.6 is 0 Å². The number of hydrogen-bond acceptors (Lipinski definition) is 7. The van der Waals surface area contributed by atoms with Gasteiger partial charge in [-0.1, -0.05) is 18.2 Å². The molecule has 1 amide bonds. The van der Waals surface area contributed by atoms with Crippen molar-refractivity contribution in [2.24, 2.45) is 0 Å². The number of rotatable bonds is 8. The summed E-state index contributed by atoms with van der Waals surface area (Å²) in [7, 11) is 0. The van der Waals surface area contributed by atoms with Crippen molar-refractivity contribution in [3.63, 3.8) is 0 Å². The Hall–Kier alpha value is -2.87. The summed E-state index contributed by atoms with van der Waals surface area (Å²) in [5, 5.41) is 5.99. The van der Waals surface area contributed by atoms with Crippen molar-refractivity contribution in [1.82, 2.24) is 15.3 Å². The van der Waals surface area contributed by atoms with Gasteiger partial charge in [0.1, 0.15) is 23.7 Å². The van der Waals surface area contributed by atoms with Crippen LogP contribution < -0.4 is 20.3 Å². The summed E-state index contributed by atoms with van der Waals surface area (Å²) in [6, 6.07) is 11.2. The molecule has 0 saturated carbocycles. The lowest BCUT2D eigenvalue weighted by Gasteiger charge is -2.27. The molecular weight excluding hydrogens is 334 g/mol. The molecule has 2 N–H and O–H groups in total. The minimum atomic E-state index is -0.160. The van der Waals surface area contributed by atoms with E-state index in [1.54, 1.807) is 6.33 Å². The normalized spacial score (nSPS) is 13.9. The van der Waals surface area contributed by atoms with Gasteiger partial charge in [-0.3, -0.25) is 4.79 Å². The highest BCUT2D eigenvalue weighted by atomic mass is 16.5. The molecule has 1 saturated heterocycles. The number of para-hydroxylation sites is 1. The predicted molar refractivity (Wildman–Crippen MR) is 98.5 cm³/mol. The van der Waals surface area contributed by atoms with E-state index >= 15 is 0 Å². The van der Waals surface area contributed by atoms with Crippen molar-refractivity contribution in [2.45, 2.75) is 0 Å². The molecule has 2 heterocycles. The first-order valence-electron chi connectivity index (χ1n) is 8.64. The van der Waals surface area contributed by atoms with Crippen LogP contribution in [0.1, 0.15) is 0 Å². The average Bonchev–Trinajstić information content (AvgIpc) is 2.71.